The molecule has 3 nitrogen and oxygen atoms in total. The molecule has 2 aliphatic rings. The van der Waals surface area contributed by atoms with Crippen LogP contribution < -0.4 is 5.32 Å². The highest BCUT2D eigenvalue weighted by molar-refractivity contribution is 5.00. The van der Waals surface area contributed by atoms with E-state index >= 15 is 0 Å². The first-order chi connectivity index (χ1) is 6.85. The quantitative estimate of drug-likeness (QED) is 0.720. The topological polar surface area (TPSA) is 45.0 Å². The second-order valence-electron chi connectivity index (χ2n) is 4.60. The van der Waals surface area contributed by atoms with Gasteiger partial charge in [0.2, 0.25) is 0 Å². The summed E-state index contributed by atoms with van der Waals surface area (Å²) in [5.41, 5.74) is 0.327. The van der Waals surface area contributed by atoms with Crippen LogP contribution in [0.5, 0.6) is 0 Å². The Morgan fingerprint density at radius 2 is 2.36 bits per heavy atom. The van der Waals surface area contributed by atoms with E-state index in [0.717, 1.165) is 19.7 Å². The van der Waals surface area contributed by atoms with Gasteiger partial charge in [0.25, 0.3) is 0 Å². The Hall–Kier alpha value is -0.590. The highest BCUT2D eigenvalue weighted by Crippen LogP contribution is 2.47. The molecule has 2 fully saturated rings. The van der Waals surface area contributed by atoms with Crippen molar-refractivity contribution >= 4 is 0 Å². The van der Waals surface area contributed by atoms with Crippen molar-refractivity contribution in [2.45, 2.75) is 38.2 Å². The number of hydrogen-bond donors (Lipinski definition) is 1. The zero-order valence-electron chi connectivity index (χ0n) is 8.59. The summed E-state index contributed by atoms with van der Waals surface area (Å²) >= 11 is 0. The Labute approximate surface area is 85.4 Å². The van der Waals surface area contributed by atoms with E-state index < -0.39 is 0 Å². The molecule has 78 valence electrons. The number of nitriles is 1. The molecule has 3 heteroatoms. The highest BCUT2D eigenvalue weighted by Gasteiger charge is 2.41. The van der Waals surface area contributed by atoms with E-state index in [2.05, 4.69) is 11.4 Å². The Kier molecular flexibility index (Phi) is 3.05. The van der Waals surface area contributed by atoms with E-state index in [1.807, 2.05) is 0 Å². The summed E-state index contributed by atoms with van der Waals surface area (Å²) < 4.78 is 5.52. The fourth-order valence-electron chi connectivity index (χ4n) is 2.06. The van der Waals surface area contributed by atoms with E-state index in [1.165, 1.54) is 25.7 Å². The van der Waals surface area contributed by atoms with Crippen LogP contribution in [0.1, 0.15) is 32.1 Å². The van der Waals surface area contributed by atoms with Crippen molar-refractivity contribution in [3.8, 4) is 6.07 Å². The first-order valence-electron chi connectivity index (χ1n) is 5.54. The number of nitrogens with one attached hydrogen (secondary N) is 1. The lowest BCUT2D eigenvalue weighted by molar-refractivity contribution is 0.109. The molecule has 0 aromatic heterocycles. The predicted molar refractivity (Wildman–Crippen MR) is 53.7 cm³/mol. The van der Waals surface area contributed by atoms with Gasteiger partial charge in [-0.25, -0.2) is 0 Å². The van der Waals surface area contributed by atoms with Gasteiger partial charge in [0, 0.05) is 26.1 Å². The summed E-state index contributed by atoms with van der Waals surface area (Å²) in [6, 6.07) is 2.28. The molecule has 0 bridgehead atoms. The van der Waals surface area contributed by atoms with Gasteiger partial charge in [0.1, 0.15) is 0 Å². The summed E-state index contributed by atoms with van der Waals surface area (Å²) in [6.45, 7) is 2.89. The Bertz CT molecular complexity index is 224. The van der Waals surface area contributed by atoms with Gasteiger partial charge in [-0.05, 0) is 31.1 Å². The van der Waals surface area contributed by atoms with Crippen LogP contribution in [0.4, 0.5) is 0 Å². The van der Waals surface area contributed by atoms with Crippen LogP contribution in [0.15, 0.2) is 0 Å². The maximum absolute atomic E-state index is 8.65. The van der Waals surface area contributed by atoms with Crippen molar-refractivity contribution < 1.29 is 4.74 Å². The molecule has 1 atom stereocenters. The molecule has 2 rings (SSSR count). The third-order valence-electron chi connectivity index (χ3n) is 3.31. The zero-order valence-corrected chi connectivity index (χ0v) is 8.59. The first kappa shape index (κ1) is 9.95. The van der Waals surface area contributed by atoms with Crippen LogP contribution in [0.2, 0.25) is 0 Å². The lowest BCUT2D eigenvalue weighted by atomic mass is 10.0. The highest BCUT2D eigenvalue weighted by atomic mass is 16.5. The van der Waals surface area contributed by atoms with E-state index in [0.29, 0.717) is 17.9 Å². The lowest BCUT2D eigenvalue weighted by Crippen LogP contribution is -2.31. The van der Waals surface area contributed by atoms with Crippen molar-refractivity contribution in [2.24, 2.45) is 5.41 Å². The molecule has 1 aliphatic carbocycles. The van der Waals surface area contributed by atoms with E-state index in [9.17, 15) is 0 Å². The summed E-state index contributed by atoms with van der Waals surface area (Å²) in [5.74, 6) is 0. The molecule has 1 heterocycles. The molecule has 14 heavy (non-hydrogen) atoms. The molecule has 1 unspecified atom stereocenters. The van der Waals surface area contributed by atoms with E-state index in [4.69, 9.17) is 10.00 Å². The van der Waals surface area contributed by atoms with Crippen molar-refractivity contribution in [3.05, 3.63) is 0 Å². The van der Waals surface area contributed by atoms with Crippen molar-refractivity contribution in [3.63, 3.8) is 0 Å². The minimum atomic E-state index is 0.327. The monoisotopic (exact) mass is 194 g/mol. The van der Waals surface area contributed by atoms with Gasteiger partial charge in [-0.1, -0.05) is 0 Å². The SMILES string of the molecule is N#CCC1(CNCC2CCCO2)CC1. The average Bonchev–Trinajstić information content (AvgIpc) is 2.75. The summed E-state index contributed by atoms with van der Waals surface area (Å²) in [5, 5.41) is 12.1. The van der Waals surface area contributed by atoms with Gasteiger partial charge in [0.05, 0.1) is 12.2 Å². The number of hydrogen-bond acceptors (Lipinski definition) is 3. The maximum atomic E-state index is 8.65. The fourth-order valence-corrected chi connectivity index (χ4v) is 2.06. The number of rotatable bonds is 5. The van der Waals surface area contributed by atoms with Crippen LogP contribution in [-0.4, -0.2) is 25.8 Å². The van der Waals surface area contributed by atoms with Crippen LogP contribution in [-0.2, 0) is 4.74 Å². The minimum Gasteiger partial charge on any atom is -0.377 e. The van der Waals surface area contributed by atoms with Crippen LogP contribution in [0, 0.1) is 16.7 Å². The molecule has 1 N–H and O–H groups in total. The molecule has 1 saturated carbocycles. The molecule has 0 radical (unpaired) electrons. The smallest absolute Gasteiger partial charge is 0.0700 e. The summed E-state index contributed by atoms with van der Waals surface area (Å²) in [6.07, 6.45) is 5.98. The number of ether oxygens (including phenoxy) is 1. The predicted octanol–water partition coefficient (Wildman–Crippen LogP) is 1.45. The minimum absolute atomic E-state index is 0.327. The van der Waals surface area contributed by atoms with Crippen molar-refractivity contribution in [1.82, 2.24) is 5.32 Å². The molecular weight excluding hydrogens is 176 g/mol. The van der Waals surface area contributed by atoms with Crippen molar-refractivity contribution in [2.75, 3.05) is 19.7 Å². The first-order valence-corrected chi connectivity index (χ1v) is 5.54. The van der Waals surface area contributed by atoms with Gasteiger partial charge in [0.15, 0.2) is 0 Å². The van der Waals surface area contributed by atoms with Crippen LogP contribution in [0.3, 0.4) is 0 Å². The molecule has 0 aromatic rings. The van der Waals surface area contributed by atoms with E-state index in [-0.39, 0.29) is 0 Å². The molecule has 0 amide bonds. The molecule has 1 saturated heterocycles. The number of nitrogens with zero attached hydrogens (tertiary/aromatic N) is 1. The molecule has 1 aliphatic heterocycles. The lowest BCUT2D eigenvalue weighted by Gasteiger charge is -2.15. The van der Waals surface area contributed by atoms with Crippen molar-refractivity contribution in [1.29, 1.82) is 5.26 Å². The van der Waals surface area contributed by atoms with Gasteiger partial charge < -0.3 is 10.1 Å². The van der Waals surface area contributed by atoms with Gasteiger partial charge >= 0.3 is 0 Å². The third-order valence-corrected chi connectivity index (χ3v) is 3.31. The molecule has 0 aromatic carbocycles. The fraction of sp³-hybridized carbons (Fsp3) is 0.909. The van der Waals surface area contributed by atoms with Gasteiger partial charge in [-0.3, -0.25) is 0 Å². The van der Waals surface area contributed by atoms with Crippen LogP contribution in [0.25, 0.3) is 0 Å². The summed E-state index contributed by atoms with van der Waals surface area (Å²) in [7, 11) is 0. The average molecular weight is 194 g/mol. The largest absolute Gasteiger partial charge is 0.377 e. The van der Waals surface area contributed by atoms with Crippen LogP contribution >= 0.6 is 0 Å². The molecule has 0 spiro atoms. The summed E-state index contributed by atoms with van der Waals surface area (Å²) in [4.78, 5) is 0. The standard InChI is InChI=1S/C11H18N2O/c12-6-5-11(3-4-11)9-13-8-10-2-1-7-14-10/h10,13H,1-5,7-9H2. The normalized spacial score (nSPS) is 28.6. The van der Waals surface area contributed by atoms with Gasteiger partial charge in [-0.15, -0.1) is 0 Å². The second-order valence-corrected chi connectivity index (χ2v) is 4.60. The van der Waals surface area contributed by atoms with Gasteiger partial charge in [-0.2, -0.15) is 5.26 Å². The van der Waals surface area contributed by atoms with E-state index in [1.54, 1.807) is 0 Å². The third kappa shape index (κ3) is 2.46. The second kappa shape index (κ2) is 4.29. The Balaban J connectivity index is 1.60. The molecular formula is C11H18N2O. The Morgan fingerprint density at radius 1 is 1.50 bits per heavy atom. The maximum Gasteiger partial charge on any atom is 0.0700 e. The Morgan fingerprint density at radius 3 is 2.93 bits per heavy atom. The zero-order chi connectivity index (χ0) is 9.86.